The van der Waals surface area contributed by atoms with Gasteiger partial charge in [0.05, 0.1) is 24.3 Å². The average Bonchev–Trinajstić information content (AvgIpc) is 2.61. The summed E-state index contributed by atoms with van der Waals surface area (Å²) in [7, 11) is 0. The molecular formula is C21H20F3NO. The molecule has 0 N–H and O–H groups in total. The summed E-state index contributed by atoms with van der Waals surface area (Å²) in [6.45, 7) is 2.40. The fourth-order valence-electron chi connectivity index (χ4n) is 4.35. The van der Waals surface area contributed by atoms with Gasteiger partial charge in [-0.15, -0.1) is 0 Å². The van der Waals surface area contributed by atoms with Gasteiger partial charge in [0.1, 0.15) is 0 Å². The molecule has 2 aromatic carbocycles. The Labute approximate surface area is 150 Å². The van der Waals surface area contributed by atoms with Gasteiger partial charge in [-0.3, -0.25) is 4.99 Å². The molecule has 5 heteroatoms. The molecule has 2 aliphatic rings. The quantitative estimate of drug-likeness (QED) is 0.747. The Morgan fingerprint density at radius 3 is 2.46 bits per heavy atom. The van der Waals surface area contributed by atoms with Crippen molar-refractivity contribution < 1.29 is 17.9 Å². The molecule has 2 atom stereocenters. The van der Waals surface area contributed by atoms with Gasteiger partial charge in [0.15, 0.2) is 0 Å². The van der Waals surface area contributed by atoms with E-state index in [2.05, 4.69) is 0 Å². The molecule has 4 rings (SSSR count). The fraction of sp³-hybridized carbons (Fsp3) is 0.381. The van der Waals surface area contributed by atoms with Crippen LogP contribution in [0.4, 0.5) is 13.2 Å². The molecule has 2 aromatic rings. The van der Waals surface area contributed by atoms with E-state index in [-0.39, 0.29) is 13.0 Å². The first-order valence-electron chi connectivity index (χ1n) is 8.74. The summed E-state index contributed by atoms with van der Waals surface area (Å²) in [4.78, 5) is 4.82. The normalized spacial score (nSPS) is 28.1. The third-order valence-corrected chi connectivity index (χ3v) is 5.72. The Balaban J connectivity index is 1.99. The van der Waals surface area contributed by atoms with Gasteiger partial charge in [-0.1, -0.05) is 61.5 Å². The van der Waals surface area contributed by atoms with Gasteiger partial charge in [0.2, 0.25) is 0 Å². The zero-order valence-electron chi connectivity index (χ0n) is 14.5. The minimum absolute atomic E-state index is 0.242. The van der Waals surface area contributed by atoms with Crippen molar-refractivity contribution in [1.29, 1.82) is 0 Å². The van der Waals surface area contributed by atoms with Crippen molar-refractivity contribution in [2.24, 2.45) is 4.99 Å². The van der Waals surface area contributed by atoms with Gasteiger partial charge in [0.25, 0.3) is 0 Å². The monoisotopic (exact) mass is 359 g/mol. The summed E-state index contributed by atoms with van der Waals surface area (Å²) in [6.07, 6.45) is -4.98. The van der Waals surface area contributed by atoms with E-state index in [0.717, 1.165) is 16.7 Å². The van der Waals surface area contributed by atoms with Crippen LogP contribution in [0.2, 0.25) is 0 Å². The van der Waals surface area contributed by atoms with E-state index in [1.807, 2.05) is 61.5 Å². The maximum atomic E-state index is 13.6. The maximum absolute atomic E-state index is 13.6. The summed E-state index contributed by atoms with van der Waals surface area (Å²) in [5.41, 5.74) is 1.21. The number of aliphatic imine (C=N–C) groups is 1. The Bertz CT molecular complexity index is 846. The number of benzene rings is 2. The van der Waals surface area contributed by atoms with E-state index in [4.69, 9.17) is 9.73 Å². The van der Waals surface area contributed by atoms with Crippen molar-refractivity contribution in [2.45, 2.75) is 36.9 Å². The van der Waals surface area contributed by atoms with Crippen LogP contribution in [0.25, 0.3) is 0 Å². The molecule has 0 bridgehead atoms. The van der Waals surface area contributed by atoms with Gasteiger partial charge in [-0.2, -0.15) is 13.2 Å². The van der Waals surface area contributed by atoms with Crippen molar-refractivity contribution in [3.05, 3.63) is 71.3 Å². The predicted octanol–water partition coefficient (Wildman–Crippen LogP) is 4.91. The van der Waals surface area contributed by atoms with E-state index >= 15 is 0 Å². The zero-order chi connectivity index (χ0) is 18.4. The molecule has 2 aliphatic heterocycles. The van der Waals surface area contributed by atoms with E-state index in [9.17, 15) is 13.2 Å². The Morgan fingerprint density at radius 1 is 1.04 bits per heavy atom. The highest BCUT2D eigenvalue weighted by atomic mass is 19.4. The number of fused-ring (bicyclic) bond motifs is 3. The Morgan fingerprint density at radius 2 is 1.73 bits per heavy atom. The third kappa shape index (κ3) is 2.65. The number of rotatable bonds is 2. The second kappa shape index (κ2) is 5.95. The van der Waals surface area contributed by atoms with E-state index in [0.29, 0.717) is 12.3 Å². The smallest absolute Gasteiger partial charge is 0.380 e. The second-order valence-electron chi connectivity index (χ2n) is 7.33. The summed E-state index contributed by atoms with van der Waals surface area (Å²) < 4.78 is 46.4. The summed E-state index contributed by atoms with van der Waals surface area (Å²) >= 11 is 0. The van der Waals surface area contributed by atoms with Crippen molar-refractivity contribution in [3.8, 4) is 0 Å². The minimum atomic E-state index is -4.30. The standard InChI is InChI=1S/C21H20F3NO/c1-19-14-26-12-11-20(19,13-21(22,23)24)25-18(15-7-3-2-4-8-15)16-9-5-6-10-17(16)19/h2-10H,11-14H2,1H3. The van der Waals surface area contributed by atoms with Crippen molar-refractivity contribution >= 4 is 5.71 Å². The van der Waals surface area contributed by atoms with Crippen LogP contribution in [0.1, 0.15) is 36.5 Å². The van der Waals surface area contributed by atoms with Crippen LogP contribution in [-0.4, -0.2) is 30.6 Å². The summed E-state index contributed by atoms with van der Waals surface area (Å²) in [6, 6.07) is 17.1. The van der Waals surface area contributed by atoms with E-state index in [1.54, 1.807) is 0 Å². The topological polar surface area (TPSA) is 21.6 Å². The Kier molecular flexibility index (Phi) is 3.95. The highest BCUT2D eigenvalue weighted by Gasteiger charge is 2.59. The lowest BCUT2D eigenvalue weighted by molar-refractivity contribution is -0.164. The number of hydrogen-bond acceptors (Lipinski definition) is 2. The third-order valence-electron chi connectivity index (χ3n) is 5.72. The molecule has 1 fully saturated rings. The van der Waals surface area contributed by atoms with Crippen molar-refractivity contribution in [3.63, 3.8) is 0 Å². The molecule has 0 spiro atoms. The van der Waals surface area contributed by atoms with Crippen LogP contribution < -0.4 is 0 Å². The van der Waals surface area contributed by atoms with Gasteiger partial charge in [-0.05, 0) is 12.0 Å². The molecule has 0 aliphatic carbocycles. The maximum Gasteiger partial charge on any atom is 0.391 e. The lowest BCUT2D eigenvalue weighted by atomic mass is 9.59. The SMILES string of the molecule is CC12COCCC1(CC(F)(F)F)N=C(c1ccccc1)c1ccccc12. The molecule has 136 valence electrons. The lowest BCUT2D eigenvalue weighted by Crippen LogP contribution is -2.59. The number of nitrogens with zero attached hydrogens (tertiary/aromatic N) is 1. The average molecular weight is 359 g/mol. The van der Waals surface area contributed by atoms with Crippen molar-refractivity contribution in [2.75, 3.05) is 13.2 Å². The molecule has 0 radical (unpaired) electrons. The highest BCUT2D eigenvalue weighted by molar-refractivity contribution is 6.15. The van der Waals surface area contributed by atoms with E-state index in [1.165, 1.54) is 0 Å². The molecule has 26 heavy (non-hydrogen) atoms. The summed E-state index contributed by atoms with van der Waals surface area (Å²) in [5.74, 6) is 0. The Hall–Kier alpha value is -2.14. The first-order valence-corrected chi connectivity index (χ1v) is 8.74. The number of ether oxygens (including phenoxy) is 1. The van der Waals surface area contributed by atoms with Gasteiger partial charge >= 0.3 is 6.18 Å². The number of hydrogen-bond donors (Lipinski definition) is 0. The highest BCUT2D eigenvalue weighted by Crippen LogP contribution is 2.52. The van der Waals surface area contributed by atoms with Gasteiger partial charge in [-0.25, -0.2) is 0 Å². The zero-order valence-corrected chi connectivity index (χ0v) is 14.5. The molecule has 0 saturated carbocycles. The largest absolute Gasteiger partial charge is 0.391 e. The molecule has 0 amide bonds. The predicted molar refractivity (Wildman–Crippen MR) is 94.7 cm³/mol. The van der Waals surface area contributed by atoms with Crippen LogP contribution in [0.5, 0.6) is 0 Å². The number of alkyl halides is 3. The van der Waals surface area contributed by atoms with Crippen LogP contribution >= 0.6 is 0 Å². The second-order valence-corrected chi connectivity index (χ2v) is 7.33. The molecule has 0 aromatic heterocycles. The van der Waals surface area contributed by atoms with E-state index < -0.39 is 23.6 Å². The van der Waals surface area contributed by atoms with Crippen LogP contribution in [0, 0.1) is 0 Å². The van der Waals surface area contributed by atoms with Crippen LogP contribution in [-0.2, 0) is 10.2 Å². The molecule has 2 nitrogen and oxygen atoms in total. The van der Waals surface area contributed by atoms with Gasteiger partial charge < -0.3 is 4.74 Å². The summed E-state index contributed by atoms with van der Waals surface area (Å²) in [5, 5.41) is 0. The minimum Gasteiger partial charge on any atom is -0.380 e. The molecular weight excluding hydrogens is 339 g/mol. The molecule has 2 unspecified atom stereocenters. The van der Waals surface area contributed by atoms with Crippen LogP contribution in [0.3, 0.4) is 0 Å². The van der Waals surface area contributed by atoms with Gasteiger partial charge in [0, 0.05) is 23.1 Å². The first kappa shape index (κ1) is 17.3. The number of halogens is 3. The fourth-order valence-corrected chi connectivity index (χ4v) is 4.35. The molecule has 2 heterocycles. The first-order chi connectivity index (χ1) is 12.3. The molecule has 1 saturated heterocycles. The van der Waals surface area contributed by atoms with Crippen molar-refractivity contribution in [1.82, 2.24) is 0 Å². The lowest BCUT2D eigenvalue weighted by Gasteiger charge is -2.53. The van der Waals surface area contributed by atoms with Crippen LogP contribution in [0.15, 0.2) is 59.6 Å².